The summed E-state index contributed by atoms with van der Waals surface area (Å²) in [7, 11) is 3.37. The lowest BCUT2D eigenvalue weighted by atomic mass is 10.0. The van der Waals surface area contributed by atoms with Crippen molar-refractivity contribution in [2.75, 3.05) is 48.9 Å². The SMILES string of the molecule is C=CCC1CN(C2CCCC2)c2nc(Nc3ccc(C(=O)NC4CCNCC4)cc3OC)ncc2N(C)C1=O. The van der Waals surface area contributed by atoms with Gasteiger partial charge in [-0.05, 0) is 63.4 Å². The second kappa shape index (κ2) is 12.0. The van der Waals surface area contributed by atoms with Crippen LogP contribution in [0.25, 0.3) is 0 Å². The predicted molar refractivity (Wildman–Crippen MR) is 153 cm³/mol. The second-order valence-corrected chi connectivity index (χ2v) is 10.6. The van der Waals surface area contributed by atoms with Gasteiger partial charge in [0.2, 0.25) is 11.9 Å². The van der Waals surface area contributed by atoms with Crippen LogP contribution in [0.2, 0.25) is 0 Å². The van der Waals surface area contributed by atoms with Crippen LogP contribution in [0.3, 0.4) is 0 Å². The van der Waals surface area contributed by atoms with Gasteiger partial charge in [-0.3, -0.25) is 9.59 Å². The Hall–Kier alpha value is -3.66. The first kappa shape index (κ1) is 26.9. The zero-order chi connectivity index (χ0) is 27.4. The number of carbonyl (C=O) groups excluding carboxylic acids is 2. The number of anilines is 4. The molecule has 2 aromatic rings. The van der Waals surface area contributed by atoms with E-state index in [2.05, 4.69) is 32.4 Å². The average molecular weight is 534 g/mol. The molecule has 2 amide bonds. The third-order valence-corrected chi connectivity index (χ3v) is 8.08. The lowest BCUT2D eigenvalue weighted by Crippen LogP contribution is -2.42. The van der Waals surface area contributed by atoms with Gasteiger partial charge in [0.15, 0.2) is 5.82 Å². The number of allylic oxidation sites excluding steroid dienone is 1. The number of nitrogens with one attached hydrogen (secondary N) is 3. The molecule has 1 aromatic carbocycles. The van der Waals surface area contributed by atoms with Crippen molar-refractivity contribution in [3.63, 3.8) is 0 Å². The van der Waals surface area contributed by atoms with Crippen LogP contribution in [0.4, 0.5) is 23.1 Å². The molecule has 39 heavy (non-hydrogen) atoms. The van der Waals surface area contributed by atoms with E-state index in [1.807, 2.05) is 12.1 Å². The van der Waals surface area contributed by atoms with Crippen molar-refractivity contribution in [2.45, 2.75) is 57.0 Å². The number of amides is 2. The van der Waals surface area contributed by atoms with Crippen LogP contribution < -0.4 is 30.5 Å². The minimum atomic E-state index is -0.178. The quantitative estimate of drug-likeness (QED) is 0.441. The highest BCUT2D eigenvalue weighted by Crippen LogP contribution is 2.38. The number of ether oxygens (including phenoxy) is 1. The van der Waals surface area contributed by atoms with Crippen molar-refractivity contribution in [1.82, 2.24) is 20.6 Å². The van der Waals surface area contributed by atoms with E-state index < -0.39 is 0 Å². The Kier molecular flexibility index (Phi) is 8.30. The molecule has 10 heteroatoms. The van der Waals surface area contributed by atoms with Crippen LogP contribution >= 0.6 is 0 Å². The summed E-state index contributed by atoms with van der Waals surface area (Å²) in [5.74, 6) is 1.46. The largest absolute Gasteiger partial charge is 0.495 e. The fourth-order valence-electron chi connectivity index (χ4n) is 5.87. The van der Waals surface area contributed by atoms with E-state index in [-0.39, 0.29) is 23.8 Å². The number of aromatic nitrogens is 2. The molecule has 3 aliphatic rings. The Balaban J connectivity index is 1.40. The van der Waals surface area contributed by atoms with E-state index in [1.165, 1.54) is 12.8 Å². The van der Waals surface area contributed by atoms with E-state index in [4.69, 9.17) is 9.72 Å². The molecule has 1 saturated carbocycles. The summed E-state index contributed by atoms with van der Waals surface area (Å²) in [6, 6.07) is 5.84. The lowest BCUT2D eigenvalue weighted by Gasteiger charge is -2.31. The molecule has 0 bridgehead atoms. The van der Waals surface area contributed by atoms with Crippen LogP contribution in [-0.2, 0) is 4.79 Å². The molecule has 3 heterocycles. The van der Waals surface area contributed by atoms with Crippen molar-refractivity contribution < 1.29 is 14.3 Å². The summed E-state index contributed by atoms with van der Waals surface area (Å²) < 4.78 is 5.62. The molecule has 5 rings (SSSR count). The normalized spacial score (nSPS) is 20.4. The molecule has 208 valence electrons. The van der Waals surface area contributed by atoms with E-state index >= 15 is 0 Å². The van der Waals surface area contributed by atoms with Gasteiger partial charge >= 0.3 is 0 Å². The first-order valence-corrected chi connectivity index (χ1v) is 14.0. The van der Waals surface area contributed by atoms with Gasteiger partial charge < -0.3 is 30.5 Å². The monoisotopic (exact) mass is 533 g/mol. The Morgan fingerprint density at radius 1 is 1.23 bits per heavy atom. The van der Waals surface area contributed by atoms with Crippen molar-refractivity contribution >= 4 is 35.0 Å². The number of methoxy groups -OCH3 is 1. The molecule has 1 aliphatic carbocycles. The Bertz CT molecular complexity index is 1210. The smallest absolute Gasteiger partial charge is 0.251 e. The molecule has 1 aromatic heterocycles. The first-order chi connectivity index (χ1) is 19.0. The van der Waals surface area contributed by atoms with Gasteiger partial charge in [0.25, 0.3) is 5.91 Å². The van der Waals surface area contributed by atoms with Crippen LogP contribution in [0, 0.1) is 5.92 Å². The fraction of sp³-hybridized carbons (Fsp3) is 0.517. The van der Waals surface area contributed by atoms with Gasteiger partial charge in [-0.2, -0.15) is 4.98 Å². The number of hydrogen-bond donors (Lipinski definition) is 3. The van der Waals surface area contributed by atoms with E-state index in [9.17, 15) is 9.59 Å². The van der Waals surface area contributed by atoms with E-state index in [0.29, 0.717) is 47.6 Å². The van der Waals surface area contributed by atoms with Gasteiger partial charge in [-0.25, -0.2) is 4.98 Å². The summed E-state index contributed by atoms with van der Waals surface area (Å²) in [6.07, 6.45) is 10.5. The van der Waals surface area contributed by atoms with Crippen LogP contribution in [0.1, 0.15) is 55.3 Å². The summed E-state index contributed by atoms with van der Waals surface area (Å²) in [5, 5.41) is 9.72. The minimum Gasteiger partial charge on any atom is -0.495 e. The number of piperidine rings is 1. The Labute approximate surface area is 230 Å². The second-order valence-electron chi connectivity index (χ2n) is 10.6. The minimum absolute atomic E-state index is 0.0565. The zero-order valence-electron chi connectivity index (χ0n) is 22.9. The van der Waals surface area contributed by atoms with Gasteiger partial charge in [0.1, 0.15) is 11.4 Å². The van der Waals surface area contributed by atoms with Crippen molar-refractivity contribution in [3.8, 4) is 5.75 Å². The van der Waals surface area contributed by atoms with Crippen LogP contribution in [0.15, 0.2) is 37.1 Å². The van der Waals surface area contributed by atoms with Gasteiger partial charge in [-0.1, -0.05) is 18.9 Å². The van der Waals surface area contributed by atoms with E-state index in [0.717, 1.165) is 44.6 Å². The number of rotatable bonds is 8. The number of nitrogens with zero attached hydrogens (tertiary/aromatic N) is 4. The molecule has 2 aliphatic heterocycles. The molecule has 0 radical (unpaired) electrons. The highest BCUT2D eigenvalue weighted by atomic mass is 16.5. The third kappa shape index (κ3) is 5.85. The van der Waals surface area contributed by atoms with Crippen LogP contribution in [0.5, 0.6) is 5.75 Å². The van der Waals surface area contributed by atoms with E-state index in [1.54, 1.807) is 37.4 Å². The van der Waals surface area contributed by atoms with Gasteiger partial charge in [-0.15, -0.1) is 6.58 Å². The number of fused-ring (bicyclic) bond motifs is 1. The molecule has 1 unspecified atom stereocenters. The molecule has 1 saturated heterocycles. The molecule has 2 fully saturated rings. The number of carbonyl (C=O) groups is 2. The molecule has 3 N–H and O–H groups in total. The zero-order valence-corrected chi connectivity index (χ0v) is 22.9. The molecule has 1 atom stereocenters. The summed E-state index contributed by atoms with van der Waals surface area (Å²) in [5.41, 5.74) is 1.91. The van der Waals surface area contributed by atoms with Crippen molar-refractivity contribution in [1.29, 1.82) is 0 Å². The average Bonchev–Trinajstić information content (AvgIpc) is 3.47. The van der Waals surface area contributed by atoms with Crippen molar-refractivity contribution in [2.24, 2.45) is 5.92 Å². The van der Waals surface area contributed by atoms with Crippen LogP contribution in [-0.4, -0.2) is 67.7 Å². The summed E-state index contributed by atoms with van der Waals surface area (Å²) in [6.45, 7) is 6.30. The Morgan fingerprint density at radius 2 is 2.00 bits per heavy atom. The fourth-order valence-corrected chi connectivity index (χ4v) is 5.87. The van der Waals surface area contributed by atoms with Crippen molar-refractivity contribution in [3.05, 3.63) is 42.6 Å². The summed E-state index contributed by atoms with van der Waals surface area (Å²) in [4.78, 5) is 39.6. The lowest BCUT2D eigenvalue weighted by molar-refractivity contribution is -0.121. The maximum absolute atomic E-state index is 13.3. The van der Waals surface area contributed by atoms with Gasteiger partial charge in [0, 0.05) is 31.2 Å². The standard InChI is InChI=1S/C29H39N7O3/c1-4-7-20-18-36(22-8-5-6-9-22)26-24(35(2)28(20)38)17-31-29(34-26)33-23-11-10-19(16-25(23)39-3)27(37)32-21-12-14-30-15-13-21/h4,10-11,16-17,20-22,30H,1,5-9,12-15,18H2,2-3H3,(H,32,37)(H,31,33,34). The Morgan fingerprint density at radius 3 is 2.72 bits per heavy atom. The molecule has 10 nitrogen and oxygen atoms in total. The molecular formula is C29H39N7O3. The third-order valence-electron chi connectivity index (χ3n) is 8.08. The van der Waals surface area contributed by atoms with Gasteiger partial charge in [0.05, 0.1) is 24.9 Å². The first-order valence-electron chi connectivity index (χ1n) is 14.0. The highest BCUT2D eigenvalue weighted by Gasteiger charge is 2.36. The number of benzene rings is 1. The molecule has 0 spiro atoms. The molecular weight excluding hydrogens is 494 g/mol. The maximum Gasteiger partial charge on any atom is 0.251 e. The topological polar surface area (TPSA) is 112 Å². The highest BCUT2D eigenvalue weighted by molar-refractivity contribution is 5.99. The number of hydrogen-bond acceptors (Lipinski definition) is 8. The summed E-state index contributed by atoms with van der Waals surface area (Å²) >= 11 is 0. The maximum atomic E-state index is 13.3. The predicted octanol–water partition coefficient (Wildman–Crippen LogP) is 3.63.